The number of benzene rings is 20. The summed E-state index contributed by atoms with van der Waals surface area (Å²) in [4.78, 5) is 18.6. The Balaban J connectivity index is 0.000000101. The molecule has 7 aliphatic rings. The van der Waals surface area contributed by atoms with E-state index in [1.807, 2.05) is 48.2 Å². The first-order valence-electron chi connectivity index (χ1n) is 50.2. The number of fused-ring (bicyclic) bond motifs is 14. The molecule has 0 saturated heterocycles. The van der Waals surface area contributed by atoms with Gasteiger partial charge in [0.25, 0.3) is 0 Å². The summed E-state index contributed by atoms with van der Waals surface area (Å²) >= 11 is 1.84. The third-order valence-corrected chi connectivity index (χ3v) is 31.1. The summed E-state index contributed by atoms with van der Waals surface area (Å²) in [6.07, 6.45) is 0. The van der Waals surface area contributed by atoms with Gasteiger partial charge in [-0.1, -0.05) is 434 Å². The van der Waals surface area contributed by atoms with Gasteiger partial charge in [-0.2, -0.15) is 0 Å². The van der Waals surface area contributed by atoms with Crippen molar-refractivity contribution in [1.82, 2.24) is 0 Å². The molecule has 0 bridgehead atoms. The van der Waals surface area contributed by atoms with E-state index < -0.39 is 0 Å². The van der Waals surface area contributed by atoms with E-state index in [4.69, 9.17) is 4.74 Å². The zero-order chi connectivity index (χ0) is 99.3. The lowest BCUT2D eigenvalue weighted by Crippen LogP contribution is -2.37. The summed E-state index contributed by atoms with van der Waals surface area (Å²) in [5.41, 5.74) is 41.5. The third kappa shape index (κ3) is 17.9. The molecule has 27 rings (SSSR count). The lowest BCUT2D eigenvalue weighted by molar-refractivity contribution is 0.475. The minimum Gasteiger partial charge on any atom is -0.453 e. The van der Waals surface area contributed by atoms with Crippen LogP contribution in [0, 0.1) is 0 Å². The first kappa shape index (κ1) is 94.4. The molecule has 20 aromatic rings. The number of ether oxygens (including phenoxy) is 1. The van der Waals surface area contributed by atoms with Gasteiger partial charge in [0.2, 0.25) is 0 Å². The van der Waals surface area contributed by atoms with Crippen molar-refractivity contribution < 1.29 is 4.74 Å². The van der Waals surface area contributed by atoms with Gasteiger partial charge < -0.3 is 39.0 Å². The Morgan fingerprint density at radius 1 is 0.186 bits per heavy atom. The fourth-order valence-electron chi connectivity index (χ4n) is 22.6. The number of nitrogens with zero attached hydrogens (tertiary/aromatic N) is 7. The molecule has 9 heteroatoms. The Morgan fingerprint density at radius 2 is 0.421 bits per heavy atom. The monoisotopic (exact) mass is 1900 g/mol. The summed E-state index contributed by atoms with van der Waals surface area (Å²) in [6.45, 7) is 9.26. The number of para-hydroxylation sites is 15. The Kier molecular flexibility index (Phi) is 26.7. The molecule has 0 N–H and O–H groups in total. The van der Waals surface area contributed by atoms with Crippen molar-refractivity contribution in [3.05, 3.63) is 587 Å². The van der Waals surface area contributed by atoms with Gasteiger partial charge in [-0.15, -0.1) is 0 Å². The first-order valence-corrected chi connectivity index (χ1v) is 51.0. The van der Waals surface area contributed by atoms with Crippen LogP contribution in [0.25, 0.3) is 22.3 Å². The molecule has 0 atom stereocenters. The highest BCUT2D eigenvalue weighted by Gasteiger charge is 2.46. The molecule has 0 radical (unpaired) electrons. The van der Waals surface area contributed by atoms with Gasteiger partial charge in [0.15, 0.2) is 11.5 Å². The third-order valence-electron chi connectivity index (χ3n) is 30.0. The Bertz CT molecular complexity index is 7570. The highest BCUT2D eigenvalue weighted by atomic mass is 32.2. The fourth-order valence-corrected chi connectivity index (χ4v) is 23.7. The van der Waals surface area contributed by atoms with Crippen LogP contribution >= 0.6 is 11.8 Å². The van der Waals surface area contributed by atoms with Crippen LogP contribution in [0.2, 0.25) is 0 Å². The molecule has 0 aromatic heterocycles. The van der Waals surface area contributed by atoms with Crippen molar-refractivity contribution in [3.63, 3.8) is 0 Å². The molecule has 710 valence electrons. The topological polar surface area (TPSA) is 31.9 Å². The summed E-state index contributed by atoms with van der Waals surface area (Å²) in [5.74, 6) is 2.41. The van der Waals surface area contributed by atoms with E-state index in [1.54, 1.807) is 0 Å². The minimum absolute atomic E-state index is 0.00320. The van der Waals surface area contributed by atoms with Crippen LogP contribution in [0.15, 0.2) is 519 Å². The van der Waals surface area contributed by atoms with E-state index in [-0.39, 0.29) is 22.2 Å². The number of anilines is 14. The quantitative estimate of drug-likeness (QED) is 0.162. The lowest BCUT2D eigenvalue weighted by Gasteiger charge is -2.45. The van der Waals surface area contributed by atoms with Gasteiger partial charge in [-0.25, -0.2) is 0 Å². The summed E-state index contributed by atoms with van der Waals surface area (Å²) in [5, 5.41) is 0. The average molecular weight is 1900 g/mol. The van der Waals surface area contributed by atoms with Gasteiger partial charge in [0, 0.05) is 139 Å². The smallest absolute Gasteiger partial charge is 0.151 e. The molecule has 0 saturated carbocycles. The summed E-state index contributed by atoms with van der Waals surface area (Å²) < 4.78 is 5.81. The lowest BCUT2D eigenvalue weighted by atomic mass is 9.62. The second-order valence-electron chi connectivity index (χ2n) is 38.9. The van der Waals surface area contributed by atoms with Crippen LogP contribution in [0.3, 0.4) is 0 Å². The maximum atomic E-state index is 5.81. The van der Waals surface area contributed by atoms with Crippen LogP contribution in [0.5, 0.6) is 11.5 Å². The van der Waals surface area contributed by atoms with Crippen LogP contribution in [0.4, 0.5) is 79.6 Å². The molecule has 0 spiro atoms. The molecule has 0 amide bonds. The predicted octanol–water partition coefficient (Wildman–Crippen LogP) is 35.0. The molecule has 0 fully saturated rings. The highest BCUT2D eigenvalue weighted by molar-refractivity contribution is 7.99. The fraction of sp³-hybridized carbons (Fsp3) is 0.118. The molecular formula is C136H119N7OS. The zero-order valence-corrected chi connectivity index (χ0v) is 84.9. The zero-order valence-electron chi connectivity index (χ0n) is 84.1. The Hall–Kier alpha value is -16.9. The molecule has 7 heterocycles. The van der Waals surface area contributed by atoms with E-state index in [0.717, 1.165) is 22.9 Å². The van der Waals surface area contributed by atoms with E-state index >= 15 is 0 Å². The molecule has 20 aromatic carbocycles. The predicted molar refractivity (Wildman–Crippen MR) is 613 cm³/mol. The van der Waals surface area contributed by atoms with Gasteiger partial charge in [0.1, 0.15) is 0 Å². The van der Waals surface area contributed by atoms with E-state index in [2.05, 4.69) is 585 Å². The minimum atomic E-state index is -0.331. The number of rotatable bonds is 6. The van der Waals surface area contributed by atoms with Crippen LogP contribution < -0.4 is 39.0 Å². The molecule has 0 unspecified atom stereocenters. The largest absolute Gasteiger partial charge is 0.453 e. The van der Waals surface area contributed by atoms with Gasteiger partial charge >= 0.3 is 0 Å². The van der Waals surface area contributed by atoms with Crippen LogP contribution in [-0.4, -0.2) is 49.3 Å². The Labute approximate surface area is 860 Å². The van der Waals surface area contributed by atoms with Crippen molar-refractivity contribution >= 4 is 91.4 Å². The van der Waals surface area contributed by atoms with Crippen molar-refractivity contribution in [2.75, 3.05) is 83.6 Å². The normalized spacial score (nSPS) is 14.1. The standard InChI is InChI=1S/2C26H21N.C22H21N.C20H17N.C16H17N.C13H11NO.C13H11NS/c1-27-24-18-10-8-16-22(24)26(20-12-4-2-5-13-20,21-14-6-3-7-15-21)23-17-9-11-19-25(23)27;1-27-24-13-7-5-11-22(24)26(23-12-6-8-14-25(23)27)21-17-15-20(16-18-21)19-9-3-2-4-10-19;1-22(2)18-11-7-8-12-20(18)23(3)21-14-13-17(15-19(21)22)16-9-5-4-6-10-16;1-21-18-13-7-5-11-16(18)20(15-9-3-2-4-10-15)17-12-6-8-14-19(17)21;1-16(2)12-8-4-6-10-14(12)17(3)15-11-7-5-9-13(15)16;2*1-14-10-6-2-4-8-12(10)15-13-9-5-3-7-11(13)14/h2-19H,1H3;2-18,26H,1H3;4-15H,1-3H3;2-14,20H,1H3;4-11H,1-3H3;2*2-9H,1H3. The first-order chi connectivity index (χ1) is 70.9. The average Bonchev–Trinajstić information content (AvgIpc) is 0.696. The van der Waals surface area contributed by atoms with Crippen molar-refractivity contribution in [1.29, 1.82) is 0 Å². The van der Waals surface area contributed by atoms with Crippen LogP contribution in [-0.2, 0) is 16.2 Å². The van der Waals surface area contributed by atoms with Crippen molar-refractivity contribution in [2.45, 2.75) is 65.6 Å². The SMILES string of the molecule is CN1c2ccccc2C(C)(C)c2cc(-c3ccccc3)ccc21.CN1c2ccccc2C(C)(C)c2ccccc21.CN1c2ccccc2C(c2ccc(-c3ccccc3)cc2)c2ccccc21.CN1c2ccccc2C(c2ccccc2)(c2ccccc2)c2ccccc21.CN1c2ccccc2C(c2ccccc2)c2ccccc21.CN1c2ccccc2Oc2ccccc21.CN1c2ccccc2Sc2ccccc21. The summed E-state index contributed by atoms with van der Waals surface area (Å²) in [7, 11) is 15.0. The van der Waals surface area contributed by atoms with Crippen LogP contribution in [0.1, 0.15) is 117 Å². The highest BCUT2D eigenvalue weighted by Crippen LogP contribution is 2.58. The molecular weight excluding hydrogens is 1780 g/mol. The van der Waals surface area contributed by atoms with Gasteiger partial charge in [-0.05, 0) is 215 Å². The van der Waals surface area contributed by atoms with E-state index in [9.17, 15) is 0 Å². The molecule has 0 aliphatic carbocycles. The van der Waals surface area contributed by atoms with Gasteiger partial charge in [0.05, 0.1) is 28.2 Å². The number of hydrogen-bond acceptors (Lipinski definition) is 9. The molecule has 7 aliphatic heterocycles. The van der Waals surface area contributed by atoms with E-state index in [1.165, 1.54) is 178 Å². The van der Waals surface area contributed by atoms with Gasteiger partial charge in [-0.3, -0.25) is 0 Å². The maximum absolute atomic E-state index is 5.81. The maximum Gasteiger partial charge on any atom is 0.151 e. The Morgan fingerprint density at radius 3 is 0.800 bits per heavy atom. The molecule has 145 heavy (non-hydrogen) atoms. The second-order valence-corrected chi connectivity index (χ2v) is 40.0. The second kappa shape index (κ2) is 41.0. The number of hydrogen-bond donors (Lipinski definition) is 0. The van der Waals surface area contributed by atoms with Crippen molar-refractivity contribution in [2.24, 2.45) is 0 Å². The van der Waals surface area contributed by atoms with E-state index in [0.29, 0.717) is 5.92 Å². The summed E-state index contributed by atoms with van der Waals surface area (Å²) in [6, 6.07) is 181. The van der Waals surface area contributed by atoms with Crippen molar-refractivity contribution in [3.8, 4) is 33.8 Å². The molecule has 8 nitrogen and oxygen atoms in total.